The Balaban J connectivity index is 1.90. The highest BCUT2D eigenvalue weighted by Crippen LogP contribution is 2.45. The molecule has 2 aliphatic heterocycles. The van der Waals surface area contributed by atoms with Gasteiger partial charge in [0.1, 0.15) is 0 Å². The number of carbonyl (C=O) groups excluding carboxylic acids is 1. The number of unbranched alkanes of at least 4 members (excludes halogenated alkanes) is 1. The summed E-state index contributed by atoms with van der Waals surface area (Å²) in [6.45, 7) is 4.39. The third-order valence-electron chi connectivity index (χ3n) is 2.27. The molecule has 0 saturated carbocycles. The van der Waals surface area contributed by atoms with E-state index in [0.717, 1.165) is 13.1 Å². The molecule has 0 radical (unpaired) electrons. The minimum atomic E-state index is 0.270. The predicted octanol–water partition coefficient (Wildman–Crippen LogP) is 2.91. The van der Waals surface area contributed by atoms with E-state index in [-0.39, 0.29) is 4.45 Å². The van der Waals surface area contributed by atoms with Crippen LogP contribution in [0.1, 0.15) is 19.8 Å². The van der Waals surface area contributed by atoms with E-state index in [1.54, 1.807) is 0 Å². The molecule has 0 aromatic rings. The molecule has 0 spiro atoms. The predicted molar refractivity (Wildman–Crippen MR) is 58.9 cm³/mol. The van der Waals surface area contributed by atoms with Gasteiger partial charge in [-0.15, -0.1) is 0 Å². The molecule has 2 heterocycles. The van der Waals surface area contributed by atoms with Gasteiger partial charge in [-0.25, -0.2) is 0 Å². The Labute approximate surface area is 87.1 Å². The number of carbonyl (C=O) groups is 1. The van der Waals surface area contributed by atoms with Gasteiger partial charge in [0.25, 0.3) is 4.45 Å². The molecular weight excluding hydrogens is 202 g/mol. The van der Waals surface area contributed by atoms with Gasteiger partial charge in [-0.05, 0) is 18.2 Å². The molecule has 0 N–H and O–H groups in total. The Hall–Kier alpha value is -0.0900. The average molecular weight is 215 g/mol. The number of hydrogen-bond acceptors (Lipinski definition) is 4. The highest BCUT2D eigenvalue weighted by molar-refractivity contribution is 8.43. The summed E-state index contributed by atoms with van der Waals surface area (Å²) in [6.07, 6.45) is 4.66. The Bertz CT molecular complexity index is 252. The topological polar surface area (TPSA) is 20.3 Å². The Morgan fingerprint density at radius 2 is 2.54 bits per heavy atom. The fraction of sp³-hybridized carbons (Fsp3) is 0.667. The lowest BCUT2D eigenvalue weighted by atomic mass is 10.3. The van der Waals surface area contributed by atoms with E-state index in [0.29, 0.717) is 5.25 Å². The molecule has 1 fully saturated rings. The van der Waals surface area contributed by atoms with Gasteiger partial charge in [-0.1, -0.05) is 25.1 Å². The van der Waals surface area contributed by atoms with Crippen LogP contribution < -0.4 is 0 Å². The first-order valence-corrected chi connectivity index (χ1v) is 6.33. The maximum Gasteiger partial charge on any atom is 0.251 e. The summed E-state index contributed by atoms with van der Waals surface area (Å²) in [5, 5.41) is 0.453. The van der Waals surface area contributed by atoms with Crippen molar-refractivity contribution >= 4 is 28.0 Å². The summed E-state index contributed by atoms with van der Waals surface area (Å²) < 4.78 is 0.270. The average Bonchev–Trinajstić information content (AvgIpc) is 2.57. The van der Waals surface area contributed by atoms with Crippen molar-refractivity contribution in [1.82, 2.24) is 4.90 Å². The molecule has 0 bridgehead atoms. The molecule has 1 atom stereocenters. The Kier molecular flexibility index (Phi) is 2.89. The molecule has 1 unspecified atom stereocenters. The van der Waals surface area contributed by atoms with Gasteiger partial charge >= 0.3 is 0 Å². The molecule has 2 nitrogen and oxygen atoms in total. The molecule has 0 aromatic carbocycles. The number of rotatable bonds is 3. The van der Waals surface area contributed by atoms with E-state index in [9.17, 15) is 4.79 Å². The van der Waals surface area contributed by atoms with E-state index in [1.807, 2.05) is 0 Å². The van der Waals surface area contributed by atoms with Crippen LogP contribution in [0.5, 0.6) is 0 Å². The quantitative estimate of drug-likeness (QED) is 0.721. The van der Waals surface area contributed by atoms with Gasteiger partial charge in [0.2, 0.25) is 0 Å². The molecule has 0 amide bonds. The maximum atomic E-state index is 11.0. The van der Waals surface area contributed by atoms with Crippen LogP contribution in [0, 0.1) is 0 Å². The van der Waals surface area contributed by atoms with Gasteiger partial charge in [-0.2, -0.15) is 0 Å². The first kappa shape index (κ1) is 9.46. The highest BCUT2D eigenvalue weighted by Gasteiger charge is 2.34. The smallest absolute Gasteiger partial charge is 0.251 e. The molecule has 2 aliphatic rings. The van der Waals surface area contributed by atoms with E-state index in [2.05, 4.69) is 18.0 Å². The molecule has 0 aliphatic carbocycles. The first-order chi connectivity index (χ1) is 6.29. The zero-order valence-corrected chi connectivity index (χ0v) is 9.29. The zero-order chi connectivity index (χ0) is 9.26. The monoisotopic (exact) mass is 215 g/mol. The fourth-order valence-electron chi connectivity index (χ4n) is 1.56. The van der Waals surface area contributed by atoms with Crippen molar-refractivity contribution in [3.05, 3.63) is 11.1 Å². The molecule has 1 saturated heterocycles. The van der Waals surface area contributed by atoms with Crippen LogP contribution in [0.4, 0.5) is 4.79 Å². The van der Waals surface area contributed by atoms with Crippen LogP contribution in [-0.2, 0) is 0 Å². The lowest BCUT2D eigenvalue weighted by Crippen LogP contribution is -2.20. The maximum absolute atomic E-state index is 11.0. The summed E-state index contributed by atoms with van der Waals surface area (Å²) in [4.78, 5) is 14.7. The van der Waals surface area contributed by atoms with Crippen molar-refractivity contribution in [3.8, 4) is 0 Å². The van der Waals surface area contributed by atoms with Gasteiger partial charge in [0.05, 0.1) is 5.25 Å². The second kappa shape index (κ2) is 3.96. The summed E-state index contributed by atoms with van der Waals surface area (Å²) in [7, 11) is 0. The molecule has 4 heteroatoms. The SMILES string of the molecule is CCCCN1C=C2SC(=O)SC2C1. The fourth-order valence-corrected chi connectivity index (χ4v) is 3.95. The van der Waals surface area contributed by atoms with Crippen molar-refractivity contribution in [3.63, 3.8) is 0 Å². The van der Waals surface area contributed by atoms with Gasteiger partial charge in [0, 0.05) is 24.2 Å². The van der Waals surface area contributed by atoms with Crippen LogP contribution in [0.3, 0.4) is 0 Å². The minimum absolute atomic E-state index is 0.270. The second-order valence-electron chi connectivity index (χ2n) is 3.34. The van der Waals surface area contributed by atoms with E-state index >= 15 is 0 Å². The summed E-state index contributed by atoms with van der Waals surface area (Å²) >= 11 is 2.90. The number of nitrogens with zero attached hydrogens (tertiary/aromatic N) is 1. The first-order valence-electron chi connectivity index (χ1n) is 4.64. The number of thioether (sulfide) groups is 2. The molecule has 0 aromatic heterocycles. The number of fused-ring (bicyclic) bond motifs is 1. The second-order valence-corrected chi connectivity index (χ2v) is 5.82. The van der Waals surface area contributed by atoms with Crippen LogP contribution in [0.15, 0.2) is 11.1 Å². The third-order valence-corrected chi connectivity index (χ3v) is 4.63. The number of hydrogen-bond donors (Lipinski definition) is 0. The van der Waals surface area contributed by atoms with Crippen molar-refractivity contribution < 1.29 is 4.79 Å². The van der Waals surface area contributed by atoms with Crippen LogP contribution in [0.2, 0.25) is 0 Å². The highest BCUT2D eigenvalue weighted by atomic mass is 32.2. The van der Waals surface area contributed by atoms with Crippen LogP contribution in [0.25, 0.3) is 0 Å². The van der Waals surface area contributed by atoms with Crippen molar-refractivity contribution in [2.45, 2.75) is 25.0 Å². The molecule has 2 rings (SSSR count). The van der Waals surface area contributed by atoms with E-state index in [4.69, 9.17) is 0 Å². The van der Waals surface area contributed by atoms with Gasteiger partial charge in [-0.3, -0.25) is 4.79 Å². The molecule has 13 heavy (non-hydrogen) atoms. The summed E-state index contributed by atoms with van der Waals surface area (Å²) in [6, 6.07) is 0. The standard InChI is InChI=1S/C9H13NOS2/c1-2-3-4-10-5-7-8(6-10)13-9(11)12-7/h5,8H,2-4,6H2,1H3. The third kappa shape index (κ3) is 2.05. The van der Waals surface area contributed by atoms with Crippen molar-refractivity contribution in [2.75, 3.05) is 13.1 Å². The van der Waals surface area contributed by atoms with Gasteiger partial charge < -0.3 is 4.90 Å². The Morgan fingerprint density at radius 3 is 3.23 bits per heavy atom. The summed E-state index contributed by atoms with van der Waals surface area (Å²) in [5.41, 5.74) is 0. The molecule has 72 valence electrons. The largest absolute Gasteiger partial charge is 0.375 e. The minimum Gasteiger partial charge on any atom is -0.375 e. The van der Waals surface area contributed by atoms with Gasteiger partial charge in [0.15, 0.2) is 0 Å². The van der Waals surface area contributed by atoms with Crippen LogP contribution in [-0.4, -0.2) is 27.7 Å². The van der Waals surface area contributed by atoms with Crippen molar-refractivity contribution in [1.29, 1.82) is 0 Å². The summed E-state index contributed by atoms with van der Waals surface area (Å²) in [5.74, 6) is 0. The normalized spacial score (nSPS) is 26.5. The van der Waals surface area contributed by atoms with E-state index in [1.165, 1.54) is 41.3 Å². The Morgan fingerprint density at radius 1 is 1.69 bits per heavy atom. The molecular formula is C9H13NOS2. The lowest BCUT2D eigenvalue weighted by molar-refractivity contribution is 0.277. The van der Waals surface area contributed by atoms with Crippen LogP contribution >= 0.6 is 23.5 Å². The zero-order valence-electron chi connectivity index (χ0n) is 7.66. The van der Waals surface area contributed by atoms with Crippen molar-refractivity contribution in [2.24, 2.45) is 0 Å². The lowest BCUT2D eigenvalue weighted by Gasteiger charge is -2.15. The van der Waals surface area contributed by atoms with E-state index < -0.39 is 0 Å².